The van der Waals surface area contributed by atoms with Gasteiger partial charge in [-0.25, -0.2) is 4.39 Å². The topological polar surface area (TPSA) is 20.2 Å². The van der Waals surface area contributed by atoms with Crippen LogP contribution in [0, 0.1) is 12.7 Å². The van der Waals surface area contributed by atoms with Gasteiger partial charge in [-0.05, 0) is 19.1 Å². The minimum absolute atomic E-state index is 0.153. The van der Waals surface area contributed by atoms with E-state index in [2.05, 4.69) is 0 Å². The van der Waals surface area contributed by atoms with E-state index in [4.69, 9.17) is 0 Å². The van der Waals surface area contributed by atoms with Gasteiger partial charge in [-0.2, -0.15) is 0 Å². The molecule has 3 heteroatoms. The van der Waals surface area contributed by atoms with Crippen molar-refractivity contribution in [2.75, 3.05) is 0 Å². The summed E-state index contributed by atoms with van der Waals surface area (Å²) < 4.78 is 14.0. The smallest absolute Gasteiger partial charge is 0.142 e. The van der Waals surface area contributed by atoms with Crippen LogP contribution in [0.5, 0.6) is 5.75 Å². The van der Waals surface area contributed by atoms with Crippen LogP contribution in [0.25, 0.3) is 10.1 Å². The summed E-state index contributed by atoms with van der Waals surface area (Å²) in [6.07, 6.45) is 0. The predicted molar refractivity (Wildman–Crippen MR) is 48.2 cm³/mol. The second kappa shape index (κ2) is 2.45. The van der Waals surface area contributed by atoms with E-state index in [1.165, 1.54) is 16.7 Å². The van der Waals surface area contributed by atoms with Crippen LogP contribution in [-0.2, 0) is 0 Å². The van der Waals surface area contributed by atoms with Crippen molar-refractivity contribution in [1.29, 1.82) is 0 Å². The van der Waals surface area contributed by atoms with Crippen molar-refractivity contribution in [3.8, 4) is 5.75 Å². The van der Waals surface area contributed by atoms with Crippen molar-refractivity contribution in [3.05, 3.63) is 28.9 Å². The van der Waals surface area contributed by atoms with Crippen LogP contribution in [-0.4, -0.2) is 5.11 Å². The van der Waals surface area contributed by atoms with Gasteiger partial charge < -0.3 is 5.11 Å². The van der Waals surface area contributed by atoms with Gasteiger partial charge in [0, 0.05) is 21.0 Å². The number of halogens is 1. The highest BCUT2D eigenvalue weighted by Crippen LogP contribution is 2.32. The number of phenolic OH excluding ortho intramolecular Hbond substituents is 1. The van der Waals surface area contributed by atoms with Crippen LogP contribution < -0.4 is 0 Å². The van der Waals surface area contributed by atoms with Crippen molar-refractivity contribution in [1.82, 2.24) is 0 Å². The average Bonchev–Trinajstić information content (AvgIpc) is 2.41. The fraction of sp³-hybridized carbons (Fsp3) is 0.111. The average molecular weight is 182 g/mol. The number of fused-ring (bicyclic) bond motifs is 1. The molecule has 0 aliphatic rings. The number of hydrogen-bond donors (Lipinski definition) is 1. The zero-order valence-corrected chi connectivity index (χ0v) is 7.28. The lowest BCUT2D eigenvalue weighted by Gasteiger charge is -1.98. The fourth-order valence-electron chi connectivity index (χ4n) is 1.24. The molecule has 2 rings (SSSR count). The molecule has 0 aliphatic carbocycles. The van der Waals surface area contributed by atoms with Gasteiger partial charge in [-0.3, -0.25) is 0 Å². The van der Waals surface area contributed by atoms with E-state index in [9.17, 15) is 9.50 Å². The van der Waals surface area contributed by atoms with Crippen molar-refractivity contribution in [3.63, 3.8) is 0 Å². The van der Waals surface area contributed by atoms with Gasteiger partial charge >= 0.3 is 0 Å². The molecule has 0 atom stereocenters. The molecule has 0 spiro atoms. The monoisotopic (exact) mass is 182 g/mol. The molecule has 1 heterocycles. The lowest BCUT2D eigenvalue weighted by molar-refractivity contribution is 0.472. The minimum Gasteiger partial charge on any atom is -0.508 e. The maximum Gasteiger partial charge on any atom is 0.142 e. The third-order valence-electron chi connectivity index (χ3n) is 1.93. The highest BCUT2D eigenvalue weighted by atomic mass is 32.1. The zero-order valence-electron chi connectivity index (χ0n) is 6.47. The third kappa shape index (κ3) is 0.898. The molecule has 0 radical (unpaired) electrons. The van der Waals surface area contributed by atoms with Crippen LogP contribution in [0.1, 0.15) is 5.56 Å². The molecule has 0 amide bonds. The summed E-state index contributed by atoms with van der Waals surface area (Å²) >= 11 is 1.35. The molecular formula is C9H7FOS. The van der Waals surface area contributed by atoms with Crippen LogP contribution in [0.3, 0.4) is 0 Å². The number of benzene rings is 1. The van der Waals surface area contributed by atoms with Gasteiger partial charge in [0.05, 0.1) is 0 Å². The van der Waals surface area contributed by atoms with E-state index < -0.39 is 0 Å². The van der Waals surface area contributed by atoms with Crippen LogP contribution in [0.15, 0.2) is 17.5 Å². The predicted octanol–water partition coefficient (Wildman–Crippen LogP) is 3.05. The van der Waals surface area contributed by atoms with E-state index in [0.717, 1.165) is 4.70 Å². The highest BCUT2D eigenvalue weighted by Gasteiger charge is 2.08. The number of aromatic hydroxyl groups is 1. The number of rotatable bonds is 0. The third-order valence-corrected chi connectivity index (χ3v) is 2.85. The molecule has 1 N–H and O–H groups in total. The second-order valence-electron chi connectivity index (χ2n) is 2.67. The summed E-state index contributed by atoms with van der Waals surface area (Å²) in [7, 11) is 0. The zero-order chi connectivity index (χ0) is 8.72. The number of thiophene rings is 1. The minimum atomic E-state index is -0.247. The summed E-state index contributed by atoms with van der Waals surface area (Å²) in [5.41, 5.74) is 0.617. The number of hydrogen-bond acceptors (Lipinski definition) is 2. The summed E-state index contributed by atoms with van der Waals surface area (Å²) in [6, 6.07) is 3.32. The Labute approximate surface area is 73.1 Å². The van der Waals surface area contributed by atoms with Gasteiger partial charge in [-0.15, -0.1) is 11.3 Å². The highest BCUT2D eigenvalue weighted by molar-refractivity contribution is 7.17. The van der Waals surface area contributed by atoms with E-state index in [0.29, 0.717) is 10.9 Å². The lowest BCUT2D eigenvalue weighted by Crippen LogP contribution is -1.77. The first-order valence-corrected chi connectivity index (χ1v) is 4.43. The molecule has 0 saturated carbocycles. The van der Waals surface area contributed by atoms with E-state index >= 15 is 0 Å². The standard InChI is InChI=1S/C9H7FOS/c1-5-7(11)2-3-8-9(5)6(10)4-12-8/h2-4,11H,1H3. The van der Waals surface area contributed by atoms with Gasteiger partial charge in [0.25, 0.3) is 0 Å². The Kier molecular flexibility index (Phi) is 1.54. The Balaban J connectivity index is 2.96. The molecule has 12 heavy (non-hydrogen) atoms. The van der Waals surface area contributed by atoms with E-state index in [-0.39, 0.29) is 11.6 Å². The lowest BCUT2D eigenvalue weighted by atomic mass is 10.1. The van der Waals surface area contributed by atoms with E-state index in [1.807, 2.05) is 0 Å². The Bertz CT molecular complexity index is 433. The normalized spacial score (nSPS) is 10.8. The Morgan fingerprint density at radius 1 is 1.42 bits per heavy atom. The van der Waals surface area contributed by atoms with Crippen molar-refractivity contribution in [2.24, 2.45) is 0 Å². The van der Waals surface area contributed by atoms with Gasteiger partial charge in [-0.1, -0.05) is 0 Å². The Morgan fingerprint density at radius 3 is 2.92 bits per heavy atom. The Morgan fingerprint density at radius 2 is 2.17 bits per heavy atom. The van der Waals surface area contributed by atoms with Gasteiger partial charge in [0.2, 0.25) is 0 Å². The molecule has 1 nitrogen and oxygen atoms in total. The van der Waals surface area contributed by atoms with Gasteiger partial charge in [0.15, 0.2) is 0 Å². The van der Waals surface area contributed by atoms with Crippen LogP contribution >= 0.6 is 11.3 Å². The summed E-state index contributed by atoms with van der Waals surface area (Å²) in [5.74, 6) is -0.0943. The summed E-state index contributed by atoms with van der Waals surface area (Å²) in [6.45, 7) is 1.72. The first kappa shape index (κ1) is 7.55. The number of phenols is 1. The van der Waals surface area contributed by atoms with E-state index in [1.54, 1.807) is 19.1 Å². The molecule has 0 unspecified atom stereocenters. The molecule has 0 fully saturated rings. The largest absolute Gasteiger partial charge is 0.508 e. The maximum atomic E-state index is 13.1. The SMILES string of the molecule is Cc1c(O)ccc2scc(F)c12. The first-order valence-electron chi connectivity index (χ1n) is 3.55. The molecule has 2 aromatic rings. The van der Waals surface area contributed by atoms with Crippen molar-refractivity contribution in [2.45, 2.75) is 6.92 Å². The van der Waals surface area contributed by atoms with Crippen LogP contribution in [0.4, 0.5) is 4.39 Å². The summed E-state index contributed by atoms with van der Waals surface area (Å²) in [5, 5.41) is 11.3. The number of aryl methyl sites for hydroxylation is 1. The van der Waals surface area contributed by atoms with Crippen molar-refractivity contribution < 1.29 is 9.50 Å². The molecule has 0 bridgehead atoms. The maximum absolute atomic E-state index is 13.1. The quantitative estimate of drug-likeness (QED) is 0.663. The molecule has 1 aromatic carbocycles. The second-order valence-corrected chi connectivity index (χ2v) is 3.58. The summed E-state index contributed by atoms with van der Waals surface area (Å²) in [4.78, 5) is 0. The fourth-order valence-corrected chi connectivity index (χ4v) is 2.11. The Hall–Kier alpha value is -1.09. The molecule has 0 saturated heterocycles. The van der Waals surface area contributed by atoms with Gasteiger partial charge in [0.1, 0.15) is 11.6 Å². The first-order chi connectivity index (χ1) is 5.70. The molecular weight excluding hydrogens is 175 g/mol. The van der Waals surface area contributed by atoms with Crippen LogP contribution in [0.2, 0.25) is 0 Å². The molecule has 62 valence electrons. The molecule has 0 aliphatic heterocycles. The molecule has 1 aromatic heterocycles. The van der Waals surface area contributed by atoms with Crippen molar-refractivity contribution >= 4 is 21.4 Å².